The van der Waals surface area contributed by atoms with Crippen LogP contribution in [0.4, 0.5) is 16.3 Å². The Kier molecular flexibility index (Phi) is 7.83. The molecule has 0 bridgehead atoms. The SMILES string of the molecule is Nc1c(NC(=O)NCCCN2CCOCC2)c(-c2ccc(Cl)cc2)nn1Cc1ccccc1. The molecule has 2 aromatic carbocycles. The Morgan fingerprint density at radius 3 is 2.55 bits per heavy atom. The molecule has 0 atom stereocenters. The minimum absolute atomic E-state index is 0.307. The van der Waals surface area contributed by atoms with Gasteiger partial charge in [-0.1, -0.05) is 54.1 Å². The van der Waals surface area contributed by atoms with Crippen LogP contribution < -0.4 is 16.4 Å². The average Bonchev–Trinajstić information content (AvgIpc) is 3.13. The first-order valence-corrected chi connectivity index (χ1v) is 11.5. The van der Waals surface area contributed by atoms with Crippen molar-refractivity contribution < 1.29 is 9.53 Å². The molecule has 1 aliphatic rings. The molecule has 2 heterocycles. The molecule has 2 amide bonds. The van der Waals surface area contributed by atoms with Gasteiger partial charge in [0.15, 0.2) is 0 Å². The summed E-state index contributed by atoms with van der Waals surface area (Å²) in [4.78, 5) is 15.0. The fourth-order valence-corrected chi connectivity index (χ4v) is 3.90. The maximum Gasteiger partial charge on any atom is 0.319 e. The van der Waals surface area contributed by atoms with Gasteiger partial charge < -0.3 is 21.1 Å². The number of nitrogens with one attached hydrogen (secondary N) is 2. The number of halogens is 1. The predicted octanol–water partition coefficient (Wildman–Crippen LogP) is 3.68. The molecule has 174 valence electrons. The minimum Gasteiger partial charge on any atom is -0.382 e. The van der Waals surface area contributed by atoms with Crippen molar-refractivity contribution in [2.75, 3.05) is 50.4 Å². The number of carbonyl (C=O) groups is 1. The third kappa shape index (κ3) is 6.25. The normalized spacial score (nSPS) is 14.2. The van der Waals surface area contributed by atoms with E-state index >= 15 is 0 Å². The number of hydrogen-bond acceptors (Lipinski definition) is 5. The van der Waals surface area contributed by atoms with E-state index in [9.17, 15) is 4.79 Å². The summed E-state index contributed by atoms with van der Waals surface area (Å²) in [6.07, 6.45) is 0.861. The quantitative estimate of drug-likeness (QED) is 0.438. The van der Waals surface area contributed by atoms with Crippen LogP contribution >= 0.6 is 11.6 Å². The first-order chi connectivity index (χ1) is 16.1. The van der Waals surface area contributed by atoms with Crippen molar-refractivity contribution >= 4 is 29.1 Å². The van der Waals surface area contributed by atoms with Crippen molar-refractivity contribution in [1.29, 1.82) is 0 Å². The second-order valence-electron chi connectivity index (χ2n) is 7.95. The molecule has 3 aromatic rings. The third-order valence-electron chi connectivity index (χ3n) is 5.56. The Balaban J connectivity index is 1.45. The number of rotatable bonds is 8. The number of hydrogen-bond donors (Lipinski definition) is 3. The van der Waals surface area contributed by atoms with E-state index in [4.69, 9.17) is 27.2 Å². The van der Waals surface area contributed by atoms with E-state index < -0.39 is 0 Å². The topological polar surface area (TPSA) is 97.4 Å². The van der Waals surface area contributed by atoms with Gasteiger partial charge in [-0.2, -0.15) is 5.10 Å². The molecule has 8 nitrogen and oxygen atoms in total. The van der Waals surface area contributed by atoms with Crippen LogP contribution in [-0.4, -0.2) is 60.1 Å². The van der Waals surface area contributed by atoms with Crippen LogP contribution in [0, 0.1) is 0 Å². The van der Waals surface area contributed by atoms with Crippen LogP contribution in [0.2, 0.25) is 5.02 Å². The van der Waals surface area contributed by atoms with Gasteiger partial charge in [0.05, 0.1) is 19.8 Å². The van der Waals surface area contributed by atoms with E-state index in [1.165, 1.54) is 0 Å². The van der Waals surface area contributed by atoms with Crippen molar-refractivity contribution in [2.45, 2.75) is 13.0 Å². The van der Waals surface area contributed by atoms with Gasteiger partial charge in [0, 0.05) is 30.2 Å². The Morgan fingerprint density at radius 2 is 1.82 bits per heavy atom. The van der Waals surface area contributed by atoms with Crippen molar-refractivity contribution in [2.24, 2.45) is 0 Å². The van der Waals surface area contributed by atoms with Gasteiger partial charge in [0.25, 0.3) is 0 Å². The summed E-state index contributed by atoms with van der Waals surface area (Å²) in [5.41, 5.74) is 9.40. The van der Waals surface area contributed by atoms with E-state index in [1.807, 2.05) is 42.5 Å². The molecular formula is C24H29ClN6O2. The molecule has 9 heteroatoms. The summed E-state index contributed by atoms with van der Waals surface area (Å²) < 4.78 is 7.07. The first kappa shape index (κ1) is 23.1. The fraction of sp³-hybridized carbons (Fsp3) is 0.333. The lowest BCUT2D eigenvalue weighted by Crippen LogP contribution is -2.38. The zero-order chi connectivity index (χ0) is 23.0. The number of urea groups is 1. The standard InChI is InChI=1S/C24H29ClN6O2/c25-20-9-7-19(8-10-20)21-22(23(26)31(29-21)17-18-5-2-1-3-6-18)28-24(32)27-11-4-12-30-13-15-33-16-14-30/h1-3,5-10H,4,11-17,26H2,(H2,27,28,32). The number of nitrogens with two attached hydrogens (primary N) is 1. The molecule has 33 heavy (non-hydrogen) atoms. The number of benzene rings is 2. The van der Waals surface area contributed by atoms with Crippen molar-refractivity contribution in [1.82, 2.24) is 20.0 Å². The van der Waals surface area contributed by atoms with Gasteiger partial charge in [-0.3, -0.25) is 4.90 Å². The Labute approximate surface area is 198 Å². The molecule has 4 rings (SSSR count). The molecule has 0 spiro atoms. The fourth-order valence-electron chi connectivity index (χ4n) is 3.77. The summed E-state index contributed by atoms with van der Waals surface area (Å²) >= 11 is 6.05. The molecule has 4 N–H and O–H groups in total. The van der Waals surface area contributed by atoms with Gasteiger partial charge in [-0.25, -0.2) is 9.48 Å². The number of ether oxygens (including phenoxy) is 1. The van der Waals surface area contributed by atoms with Gasteiger partial charge >= 0.3 is 6.03 Å². The molecule has 0 radical (unpaired) electrons. The highest BCUT2D eigenvalue weighted by Crippen LogP contribution is 2.33. The Bertz CT molecular complexity index is 1050. The van der Waals surface area contributed by atoms with E-state index in [-0.39, 0.29) is 6.03 Å². The van der Waals surface area contributed by atoms with Crippen LogP contribution in [-0.2, 0) is 11.3 Å². The number of aromatic nitrogens is 2. The zero-order valence-corrected chi connectivity index (χ0v) is 19.2. The zero-order valence-electron chi connectivity index (χ0n) is 18.5. The van der Waals surface area contributed by atoms with Crippen LogP contribution in [0.15, 0.2) is 54.6 Å². The number of nitrogens with zero attached hydrogens (tertiary/aromatic N) is 3. The van der Waals surface area contributed by atoms with E-state index in [1.54, 1.807) is 16.8 Å². The second-order valence-corrected chi connectivity index (χ2v) is 8.38. The number of carbonyl (C=O) groups excluding carboxylic acids is 1. The number of morpholine rings is 1. The van der Waals surface area contributed by atoms with Crippen LogP contribution in [0.25, 0.3) is 11.3 Å². The molecule has 0 unspecified atom stereocenters. The number of anilines is 2. The monoisotopic (exact) mass is 468 g/mol. The predicted molar refractivity (Wildman–Crippen MR) is 132 cm³/mol. The van der Waals surface area contributed by atoms with Crippen LogP contribution in [0.5, 0.6) is 0 Å². The number of nitrogen functional groups attached to an aromatic ring is 1. The highest BCUT2D eigenvalue weighted by molar-refractivity contribution is 6.30. The minimum atomic E-state index is -0.307. The largest absolute Gasteiger partial charge is 0.382 e. The lowest BCUT2D eigenvalue weighted by atomic mass is 10.1. The molecule has 0 saturated carbocycles. The second kappa shape index (κ2) is 11.2. The lowest BCUT2D eigenvalue weighted by molar-refractivity contribution is 0.0375. The Hall–Kier alpha value is -3.07. The summed E-state index contributed by atoms with van der Waals surface area (Å²) in [6, 6.07) is 16.9. The molecule has 0 aliphatic carbocycles. The Morgan fingerprint density at radius 1 is 1.09 bits per heavy atom. The van der Waals surface area contributed by atoms with Gasteiger partial charge in [0.1, 0.15) is 17.2 Å². The average molecular weight is 469 g/mol. The molecule has 1 saturated heterocycles. The summed E-state index contributed by atoms with van der Waals surface area (Å²) in [5.74, 6) is 0.396. The third-order valence-corrected chi connectivity index (χ3v) is 5.82. The molecular weight excluding hydrogens is 440 g/mol. The summed E-state index contributed by atoms with van der Waals surface area (Å²) in [6.45, 7) is 5.41. The van der Waals surface area contributed by atoms with Crippen LogP contribution in [0.1, 0.15) is 12.0 Å². The maximum atomic E-state index is 12.7. The maximum absolute atomic E-state index is 12.7. The van der Waals surface area contributed by atoms with E-state index in [0.29, 0.717) is 35.3 Å². The summed E-state index contributed by atoms with van der Waals surface area (Å²) in [7, 11) is 0. The van der Waals surface area contributed by atoms with Gasteiger partial charge in [-0.05, 0) is 30.7 Å². The highest BCUT2D eigenvalue weighted by Gasteiger charge is 2.20. The number of amides is 2. The molecule has 1 aliphatic heterocycles. The van der Waals surface area contributed by atoms with E-state index in [2.05, 4.69) is 15.5 Å². The smallest absolute Gasteiger partial charge is 0.319 e. The molecule has 1 aromatic heterocycles. The van der Waals surface area contributed by atoms with Crippen molar-refractivity contribution in [3.63, 3.8) is 0 Å². The van der Waals surface area contributed by atoms with Gasteiger partial charge in [-0.15, -0.1) is 0 Å². The van der Waals surface area contributed by atoms with Gasteiger partial charge in [0.2, 0.25) is 0 Å². The lowest BCUT2D eigenvalue weighted by Gasteiger charge is -2.26. The highest BCUT2D eigenvalue weighted by atomic mass is 35.5. The molecule has 1 fully saturated rings. The van der Waals surface area contributed by atoms with Crippen molar-refractivity contribution in [3.05, 3.63) is 65.2 Å². The van der Waals surface area contributed by atoms with Crippen molar-refractivity contribution in [3.8, 4) is 11.3 Å². The summed E-state index contributed by atoms with van der Waals surface area (Å²) in [5, 5.41) is 11.2. The van der Waals surface area contributed by atoms with E-state index in [0.717, 1.165) is 50.4 Å². The van der Waals surface area contributed by atoms with Crippen LogP contribution in [0.3, 0.4) is 0 Å². The first-order valence-electron chi connectivity index (χ1n) is 11.1.